The van der Waals surface area contributed by atoms with Crippen molar-refractivity contribution in [2.75, 3.05) is 10.6 Å². The second kappa shape index (κ2) is 8.93. The first-order chi connectivity index (χ1) is 15.3. The predicted octanol–water partition coefficient (Wildman–Crippen LogP) is 6.22. The molecule has 5 nitrogen and oxygen atoms in total. The van der Waals surface area contributed by atoms with Gasteiger partial charge < -0.3 is 10.6 Å². The topological polar surface area (TPSA) is 71.1 Å². The number of aryl methyl sites for hydroxylation is 3. The Morgan fingerprint density at radius 3 is 2.28 bits per heavy atom. The maximum Gasteiger partial charge on any atom is 0.255 e. The molecule has 0 aliphatic rings. The lowest BCUT2D eigenvalue weighted by Crippen LogP contribution is -2.18. The third-order valence-electron chi connectivity index (χ3n) is 5.49. The Bertz CT molecular complexity index is 1290. The largest absolute Gasteiger partial charge is 0.322 e. The zero-order chi connectivity index (χ0) is 22.8. The van der Waals surface area contributed by atoms with Gasteiger partial charge in [0.2, 0.25) is 5.91 Å². The van der Waals surface area contributed by atoms with E-state index in [1.54, 1.807) is 6.07 Å². The maximum atomic E-state index is 12.9. The van der Waals surface area contributed by atoms with Crippen LogP contribution in [0, 0.1) is 20.8 Å². The summed E-state index contributed by atoms with van der Waals surface area (Å²) >= 11 is 1.36. The van der Waals surface area contributed by atoms with Gasteiger partial charge in [0.05, 0.1) is 16.1 Å². The standard InChI is InChI=1S/C26H25N3O2S/c1-15-12-16(2)23(17(3)13-15)28-25(31)20-10-11-21-22(14-20)32-26(27-21)29-24(30)18(4)19-8-6-5-7-9-19/h5-14,18H,1-4H3,(H,28,31)(H,27,29,30). The molecule has 0 saturated carbocycles. The zero-order valence-electron chi connectivity index (χ0n) is 18.5. The summed E-state index contributed by atoms with van der Waals surface area (Å²) in [5.41, 5.74) is 6.33. The first-order valence-corrected chi connectivity index (χ1v) is 11.3. The highest BCUT2D eigenvalue weighted by atomic mass is 32.1. The van der Waals surface area contributed by atoms with Gasteiger partial charge in [-0.1, -0.05) is 59.4 Å². The van der Waals surface area contributed by atoms with Crippen LogP contribution in [-0.2, 0) is 4.79 Å². The first-order valence-electron chi connectivity index (χ1n) is 10.5. The zero-order valence-corrected chi connectivity index (χ0v) is 19.3. The van der Waals surface area contributed by atoms with Crippen molar-refractivity contribution in [1.29, 1.82) is 0 Å². The lowest BCUT2D eigenvalue weighted by atomic mass is 10.0. The highest BCUT2D eigenvalue weighted by Crippen LogP contribution is 2.29. The fraction of sp³-hybridized carbons (Fsp3) is 0.192. The van der Waals surface area contributed by atoms with Gasteiger partial charge in [0.1, 0.15) is 0 Å². The van der Waals surface area contributed by atoms with Gasteiger partial charge in [0, 0.05) is 11.3 Å². The maximum absolute atomic E-state index is 12.9. The molecule has 0 spiro atoms. The van der Waals surface area contributed by atoms with Gasteiger partial charge in [-0.15, -0.1) is 0 Å². The van der Waals surface area contributed by atoms with Crippen molar-refractivity contribution in [3.05, 3.63) is 88.5 Å². The van der Waals surface area contributed by atoms with Crippen LogP contribution in [0.25, 0.3) is 10.2 Å². The third kappa shape index (κ3) is 4.55. The SMILES string of the molecule is Cc1cc(C)c(NC(=O)c2ccc3nc(NC(=O)C(C)c4ccccc4)sc3c2)c(C)c1. The summed E-state index contributed by atoms with van der Waals surface area (Å²) in [6.07, 6.45) is 0. The number of hydrogen-bond acceptors (Lipinski definition) is 4. The van der Waals surface area contributed by atoms with E-state index in [0.717, 1.165) is 32.6 Å². The summed E-state index contributed by atoms with van der Waals surface area (Å²) in [4.78, 5) is 30.0. The van der Waals surface area contributed by atoms with Crippen molar-refractivity contribution in [2.24, 2.45) is 0 Å². The van der Waals surface area contributed by atoms with E-state index in [1.165, 1.54) is 16.9 Å². The minimum absolute atomic E-state index is 0.112. The summed E-state index contributed by atoms with van der Waals surface area (Å²) in [5, 5.41) is 6.46. The quantitative estimate of drug-likeness (QED) is 0.385. The Labute approximate surface area is 191 Å². The van der Waals surface area contributed by atoms with Crippen LogP contribution in [0.15, 0.2) is 60.7 Å². The minimum atomic E-state index is -0.287. The molecule has 0 radical (unpaired) electrons. The van der Waals surface area contributed by atoms with E-state index < -0.39 is 0 Å². The molecular formula is C26H25N3O2S. The van der Waals surface area contributed by atoms with Crippen LogP contribution < -0.4 is 10.6 Å². The number of anilines is 2. The number of thiazole rings is 1. The van der Waals surface area contributed by atoms with E-state index in [0.29, 0.717) is 10.7 Å². The molecule has 1 atom stereocenters. The molecule has 4 rings (SSSR count). The molecule has 6 heteroatoms. The molecule has 0 saturated heterocycles. The van der Waals surface area contributed by atoms with Crippen molar-refractivity contribution in [3.8, 4) is 0 Å². The van der Waals surface area contributed by atoms with Crippen LogP contribution in [0.4, 0.5) is 10.8 Å². The minimum Gasteiger partial charge on any atom is -0.322 e. The van der Waals surface area contributed by atoms with Gasteiger partial charge in [-0.25, -0.2) is 4.98 Å². The number of hydrogen-bond donors (Lipinski definition) is 2. The molecule has 1 aromatic heterocycles. The Kier molecular flexibility index (Phi) is 6.06. The Morgan fingerprint density at radius 2 is 1.59 bits per heavy atom. The van der Waals surface area contributed by atoms with Crippen LogP contribution in [0.3, 0.4) is 0 Å². The molecule has 162 valence electrons. The van der Waals surface area contributed by atoms with Crippen molar-refractivity contribution >= 4 is 44.2 Å². The number of carbonyl (C=O) groups excluding carboxylic acids is 2. The molecule has 4 aromatic rings. The van der Waals surface area contributed by atoms with Crippen LogP contribution in [0.2, 0.25) is 0 Å². The number of carbonyl (C=O) groups is 2. The van der Waals surface area contributed by atoms with Crippen molar-refractivity contribution in [2.45, 2.75) is 33.6 Å². The summed E-state index contributed by atoms with van der Waals surface area (Å²) < 4.78 is 0.845. The molecule has 32 heavy (non-hydrogen) atoms. The van der Waals surface area contributed by atoms with E-state index in [-0.39, 0.29) is 17.7 Å². The summed E-state index contributed by atoms with van der Waals surface area (Å²) in [5.74, 6) is -0.567. The molecule has 1 unspecified atom stereocenters. The Morgan fingerprint density at radius 1 is 0.906 bits per heavy atom. The number of amides is 2. The summed E-state index contributed by atoms with van der Waals surface area (Å²) in [7, 11) is 0. The summed E-state index contributed by atoms with van der Waals surface area (Å²) in [6, 6.07) is 19.1. The van der Waals surface area contributed by atoms with Gasteiger partial charge in [0.25, 0.3) is 5.91 Å². The lowest BCUT2D eigenvalue weighted by Gasteiger charge is -2.12. The molecule has 0 aliphatic heterocycles. The highest BCUT2D eigenvalue weighted by Gasteiger charge is 2.17. The Balaban J connectivity index is 1.52. The number of fused-ring (bicyclic) bond motifs is 1. The molecule has 2 amide bonds. The number of benzene rings is 3. The predicted molar refractivity (Wildman–Crippen MR) is 132 cm³/mol. The number of nitrogens with zero attached hydrogens (tertiary/aromatic N) is 1. The Hall–Kier alpha value is -3.51. The van der Waals surface area contributed by atoms with Crippen LogP contribution in [0.1, 0.15) is 45.5 Å². The highest BCUT2D eigenvalue weighted by molar-refractivity contribution is 7.22. The average Bonchev–Trinajstić information content (AvgIpc) is 3.17. The molecule has 2 N–H and O–H groups in total. The molecular weight excluding hydrogens is 418 g/mol. The van der Waals surface area contributed by atoms with Crippen LogP contribution in [-0.4, -0.2) is 16.8 Å². The van der Waals surface area contributed by atoms with Gasteiger partial charge in [-0.05, 0) is 62.6 Å². The monoisotopic (exact) mass is 443 g/mol. The third-order valence-corrected chi connectivity index (χ3v) is 6.42. The fourth-order valence-electron chi connectivity index (χ4n) is 3.79. The van der Waals surface area contributed by atoms with Crippen LogP contribution >= 0.6 is 11.3 Å². The normalized spacial score (nSPS) is 11.9. The molecule has 0 bridgehead atoms. The summed E-state index contributed by atoms with van der Waals surface area (Å²) in [6.45, 7) is 7.90. The smallest absolute Gasteiger partial charge is 0.255 e. The van der Waals surface area contributed by atoms with Crippen molar-refractivity contribution in [1.82, 2.24) is 4.98 Å². The lowest BCUT2D eigenvalue weighted by molar-refractivity contribution is -0.117. The first kappa shape index (κ1) is 21.7. The van der Waals surface area contributed by atoms with Crippen molar-refractivity contribution in [3.63, 3.8) is 0 Å². The molecule has 3 aromatic carbocycles. The fourth-order valence-corrected chi connectivity index (χ4v) is 4.70. The average molecular weight is 444 g/mol. The van der Waals surface area contributed by atoms with Crippen LogP contribution in [0.5, 0.6) is 0 Å². The van der Waals surface area contributed by atoms with E-state index in [9.17, 15) is 9.59 Å². The van der Waals surface area contributed by atoms with Gasteiger partial charge in [-0.2, -0.15) is 0 Å². The molecule has 0 aliphatic carbocycles. The molecule has 1 heterocycles. The van der Waals surface area contributed by atoms with Gasteiger partial charge in [0.15, 0.2) is 5.13 Å². The number of rotatable bonds is 5. The number of aromatic nitrogens is 1. The van der Waals surface area contributed by atoms with Gasteiger partial charge in [-0.3, -0.25) is 9.59 Å². The molecule has 0 fully saturated rings. The van der Waals surface area contributed by atoms with E-state index in [4.69, 9.17) is 0 Å². The van der Waals surface area contributed by atoms with Gasteiger partial charge >= 0.3 is 0 Å². The van der Waals surface area contributed by atoms with Crippen molar-refractivity contribution < 1.29 is 9.59 Å². The second-order valence-corrected chi connectivity index (χ2v) is 9.08. The van der Waals surface area contributed by atoms with E-state index in [1.807, 2.05) is 70.2 Å². The number of nitrogens with one attached hydrogen (secondary N) is 2. The second-order valence-electron chi connectivity index (χ2n) is 8.05. The van der Waals surface area contributed by atoms with E-state index >= 15 is 0 Å². The van der Waals surface area contributed by atoms with E-state index in [2.05, 4.69) is 27.8 Å².